The van der Waals surface area contributed by atoms with Crippen LogP contribution in [-0.4, -0.2) is 40.8 Å². The monoisotopic (exact) mass is 173 g/mol. The van der Waals surface area contributed by atoms with Crippen molar-refractivity contribution >= 4 is 17.7 Å². The lowest BCUT2D eigenvalue weighted by Crippen LogP contribution is -2.37. The molecule has 0 radical (unpaired) electrons. The van der Waals surface area contributed by atoms with E-state index < -0.39 is 18.4 Å². The number of carboxylic acid groups (broad SMARTS) is 1. The molecule has 0 aromatic heterocycles. The first-order valence-electron chi connectivity index (χ1n) is 3.40. The fraction of sp³-hybridized carbons (Fsp3) is 0.571. The molecule has 0 bridgehead atoms. The summed E-state index contributed by atoms with van der Waals surface area (Å²) in [6.45, 7) is 1.97. The van der Waals surface area contributed by atoms with Crippen LogP contribution in [0.25, 0.3) is 0 Å². The molecule has 5 nitrogen and oxygen atoms in total. The Morgan fingerprint density at radius 2 is 1.67 bits per heavy atom. The summed E-state index contributed by atoms with van der Waals surface area (Å²) in [6.07, 6.45) is 0. The van der Waals surface area contributed by atoms with Crippen molar-refractivity contribution in [3.05, 3.63) is 0 Å². The van der Waals surface area contributed by atoms with Crippen molar-refractivity contribution in [2.75, 3.05) is 13.1 Å². The van der Waals surface area contributed by atoms with E-state index in [1.807, 2.05) is 0 Å². The van der Waals surface area contributed by atoms with Crippen LogP contribution >= 0.6 is 0 Å². The molecule has 0 saturated heterocycles. The van der Waals surface area contributed by atoms with Crippen molar-refractivity contribution in [3.63, 3.8) is 0 Å². The quantitative estimate of drug-likeness (QED) is 0.622. The van der Waals surface area contributed by atoms with Gasteiger partial charge in [-0.2, -0.15) is 0 Å². The number of amides is 1. The van der Waals surface area contributed by atoms with Crippen LogP contribution in [0.15, 0.2) is 0 Å². The second kappa shape index (κ2) is 4.48. The zero-order valence-corrected chi connectivity index (χ0v) is 7.03. The Morgan fingerprint density at radius 3 is 1.92 bits per heavy atom. The molecule has 0 aromatic carbocycles. The average Bonchev–Trinajstić information content (AvgIpc) is 1.83. The molecule has 12 heavy (non-hydrogen) atoms. The first-order valence-corrected chi connectivity index (χ1v) is 3.40. The number of hydrogen-bond donors (Lipinski definition) is 1. The SMILES string of the molecule is CC(=O)CN(CC(=O)O)C(C)=O. The average molecular weight is 173 g/mol. The van der Waals surface area contributed by atoms with Crippen LogP contribution in [0.4, 0.5) is 0 Å². The highest BCUT2D eigenvalue weighted by Crippen LogP contribution is 1.89. The van der Waals surface area contributed by atoms with Gasteiger partial charge in [-0.05, 0) is 6.92 Å². The van der Waals surface area contributed by atoms with Gasteiger partial charge in [0.1, 0.15) is 12.3 Å². The fourth-order valence-electron chi connectivity index (χ4n) is 0.711. The molecule has 0 aliphatic carbocycles. The van der Waals surface area contributed by atoms with E-state index >= 15 is 0 Å². The van der Waals surface area contributed by atoms with Crippen LogP contribution in [0, 0.1) is 0 Å². The predicted molar refractivity (Wildman–Crippen MR) is 40.6 cm³/mol. The van der Waals surface area contributed by atoms with Crippen molar-refractivity contribution in [3.8, 4) is 0 Å². The smallest absolute Gasteiger partial charge is 0.323 e. The Kier molecular flexibility index (Phi) is 3.96. The third kappa shape index (κ3) is 4.43. The van der Waals surface area contributed by atoms with Gasteiger partial charge < -0.3 is 10.0 Å². The topological polar surface area (TPSA) is 74.7 Å². The lowest BCUT2D eigenvalue weighted by molar-refractivity contribution is -0.144. The number of hydrogen-bond acceptors (Lipinski definition) is 3. The minimum atomic E-state index is -1.12. The molecule has 0 saturated carbocycles. The summed E-state index contributed by atoms with van der Waals surface area (Å²) >= 11 is 0. The van der Waals surface area contributed by atoms with Crippen LogP contribution in [0.5, 0.6) is 0 Å². The molecular formula is C7H11NO4. The van der Waals surface area contributed by atoms with E-state index in [0.29, 0.717) is 0 Å². The minimum Gasteiger partial charge on any atom is -0.480 e. The molecule has 0 aliphatic heterocycles. The van der Waals surface area contributed by atoms with Crippen LogP contribution < -0.4 is 0 Å². The largest absolute Gasteiger partial charge is 0.480 e. The second-order valence-corrected chi connectivity index (χ2v) is 2.47. The van der Waals surface area contributed by atoms with E-state index in [2.05, 4.69) is 0 Å². The van der Waals surface area contributed by atoms with E-state index in [1.54, 1.807) is 0 Å². The third-order valence-electron chi connectivity index (χ3n) is 1.18. The number of carbonyl (C=O) groups is 3. The maximum Gasteiger partial charge on any atom is 0.323 e. The number of rotatable bonds is 4. The van der Waals surface area contributed by atoms with Crippen LogP contribution in [-0.2, 0) is 14.4 Å². The first kappa shape index (κ1) is 10.6. The highest BCUT2D eigenvalue weighted by Gasteiger charge is 2.13. The van der Waals surface area contributed by atoms with Crippen molar-refractivity contribution in [1.29, 1.82) is 0 Å². The number of carbonyl (C=O) groups excluding carboxylic acids is 2. The van der Waals surface area contributed by atoms with Gasteiger partial charge in [-0.1, -0.05) is 0 Å². The van der Waals surface area contributed by atoms with E-state index in [1.165, 1.54) is 13.8 Å². The molecule has 0 aromatic rings. The number of ketones is 1. The third-order valence-corrected chi connectivity index (χ3v) is 1.18. The number of aliphatic carboxylic acids is 1. The van der Waals surface area contributed by atoms with Crippen LogP contribution in [0.2, 0.25) is 0 Å². The summed E-state index contributed by atoms with van der Waals surface area (Å²) in [7, 11) is 0. The second-order valence-electron chi connectivity index (χ2n) is 2.47. The lowest BCUT2D eigenvalue weighted by Gasteiger charge is -2.16. The molecule has 1 N–H and O–H groups in total. The molecule has 68 valence electrons. The molecule has 0 atom stereocenters. The standard InChI is InChI=1S/C7H11NO4/c1-5(9)3-8(6(2)10)4-7(11)12/h3-4H2,1-2H3,(H,11,12). The van der Waals surface area contributed by atoms with Crippen LogP contribution in [0.1, 0.15) is 13.8 Å². The predicted octanol–water partition coefficient (Wildman–Crippen LogP) is -0.492. The number of Topliss-reactive ketones (excluding diaryl/α,β-unsaturated/α-hetero) is 1. The van der Waals surface area contributed by atoms with Crippen LogP contribution in [0.3, 0.4) is 0 Å². The molecular weight excluding hydrogens is 162 g/mol. The van der Waals surface area contributed by atoms with Gasteiger partial charge in [0, 0.05) is 6.92 Å². The highest BCUT2D eigenvalue weighted by molar-refractivity contribution is 5.86. The summed E-state index contributed by atoms with van der Waals surface area (Å²) in [5.74, 6) is -1.76. The zero-order valence-electron chi connectivity index (χ0n) is 7.03. The minimum absolute atomic E-state index is 0.137. The van der Waals surface area contributed by atoms with E-state index in [4.69, 9.17) is 5.11 Å². The molecule has 1 amide bonds. The Bertz CT molecular complexity index is 195. The molecule has 0 heterocycles. The normalized spacial score (nSPS) is 9.17. The Labute approximate surface area is 70.0 Å². The van der Waals surface area contributed by atoms with Gasteiger partial charge in [0.25, 0.3) is 0 Å². The lowest BCUT2D eigenvalue weighted by atomic mass is 10.3. The Hall–Kier alpha value is -1.39. The summed E-state index contributed by atoms with van der Waals surface area (Å²) in [4.78, 5) is 32.4. The van der Waals surface area contributed by atoms with Crippen molar-refractivity contribution < 1.29 is 19.5 Å². The van der Waals surface area contributed by atoms with Gasteiger partial charge >= 0.3 is 5.97 Å². The van der Waals surface area contributed by atoms with Crippen molar-refractivity contribution in [1.82, 2.24) is 4.90 Å². The van der Waals surface area contributed by atoms with E-state index in [-0.39, 0.29) is 12.3 Å². The number of carboxylic acids is 1. The summed E-state index contributed by atoms with van der Waals surface area (Å²) in [5, 5.41) is 8.34. The maximum absolute atomic E-state index is 10.7. The Balaban J connectivity index is 4.14. The molecule has 0 unspecified atom stereocenters. The molecule has 5 heteroatoms. The van der Waals surface area contributed by atoms with Gasteiger partial charge in [-0.25, -0.2) is 0 Å². The van der Waals surface area contributed by atoms with Gasteiger partial charge in [0.15, 0.2) is 0 Å². The van der Waals surface area contributed by atoms with Gasteiger partial charge in [-0.15, -0.1) is 0 Å². The maximum atomic E-state index is 10.7. The molecule has 0 fully saturated rings. The summed E-state index contributed by atoms with van der Waals surface area (Å²) in [5.41, 5.74) is 0. The van der Waals surface area contributed by atoms with E-state index in [9.17, 15) is 14.4 Å². The fourth-order valence-corrected chi connectivity index (χ4v) is 0.711. The van der Waals surface area contributed by atoms with Gasteiger partial charge in [0.05, 0.1) is 6.54 Å². The summed E-state index contributed by atoms with van der Waals surface area (Å²) < 4.78 is 0. The molecule has 0 aliphatic rings. The zero-order chi connectivity index (χ0) is 9.72. The first-order chi connectivity index (χ1) is 5.43. The molecule has 0 spiro atoms. The van der Waals surface area contributed by atoms with Gasteiger partial charge in [-0.3, -0.25) is 14.4 Å². The number of nitrogens with zero attached hydrogens (tertiary/aromatic N) is 1. The van der Waals surface area contributed by atoms with Gasteiger partial charge in [0.2, 0.25) is 5.91 Å². The molecule has 0 rings (SSSR count). The Morgan fingerprint density at radius 1 is 1.17 bits per heavy atom. The van der Waals surface area contributed by atoms with Crippen molar-refractivity contribution in [2.24, 2.45) is 0 Å². The van der Waals surface area contributed by atoms with Crippen molar-refractivity contribution in [2.45, 2.75) is 13.8 Å². The van der Waals surface area contributed by atoms with E-state index in [0.717, 1.165) is 4.90 Å². The summed E-state index contributed by atoms with van der Waals surface area (Å²) in [6, 6.07) is 0. The highest BCUT2D eigenvalue weighted by atomic mass is 16.4.